The number of hydrogen-bond acceptors (Lipinski definition) is 4. The lowest BCUT2D eigenvalue weighted by Gasteiger charge is -2.37. The van der Waals surface area contributed by atoms with E-state index in [2.05, 4.69) is 5.10 Å². The molecule has 1 aromatic heterocycles. The van der Waals surface area contributed by atoms with Crippen molar-refractivity contribution < 1.29 is 14.6 Å². The quantitative estimate of drug-likeness (QED) is 0.859. The molecule has 1 amide bonds. The van der Waals surface area contributed by atoms with Gasteiger partial charge in [-0.15, -0.1) is 0 Å². The van der Waals surface area contributed by atoms with E-state index in [4.69, 9.17) is 4.74 Å². The van der Waals surface area contributed by atoms with Crippen molar-refractivity contribution in [1.82, 2.24) is 14.7 Å². The molecule has 2 heterocycles. The second-order valence-electron chi connectivity index (χ2n) is 5.60. The van der Waals surface area contributed by atoms with Crippen LogP contribution in [0.4, 0.5) is 0 Å². The van der Waals surface area contributed by atoms with E-state index in [0.29, 0.717) is 26.1 Å². The third-order valence-corrected chi connectivity index (χ3v) is 4.33. The predicted molar refractivity (Wildman–Crippen MR) is 71.9 cm³/mol. The van der Waals surface area contributed by atoms with E-state index in [1.165, 1.54) is 0 Å². The van der Waals surface area contributed by atoms with E-state index >= 15 is 0 Å². The summed E-state index contributed by atoms with van der Waals surface area (Å²) in [6.45, 7) is 2.07. The maximum atomic E-state index is 12.4. The minimum Gasteiger partial charge on any atom is -0.396 e. The standard InChI is InChI=1S/C14H21N3O3/c18-10-11-8-12-13(9-11)20-7-6-17(12)14(19)2-5-16-4-1-3-15-16/h1,3-4,11-13,18H,2,5-10H2/t11-,12+,13?/m1/s1. The molecule has 6 heteroatoms. The summed E-state index contributed by atoms with van der Waals surface area (Å²) in [5.74, 6) is 0.432. The third-order valence-electron chi connectivity index (χ3n) is 4.33. The van der Waals surface area contributed by atoms with Crippen molar-refractivity contribution in [2.24, 2.45) is 5.92 Å². The lowest BCUT2D eigenvalue weighted by Crippen LogP contribution is -2.51. The molecule has 20 heavy (non-hydrogen) atoms. The molecule has 0 aromatic carbocycles. The number of rotatable bonds is 4. The summed E-state index contributed by atoms with van der Waals surface area (Å²) in [5.41, 5.74) is 0. The van der Waals surface area contributed by atoms with Crippen molar-refractivity contribution >= 4 is 5.91 Å². The zero-order valence-corrected chi connectivity index (χ0v) is 11.5. The minimum absolute atomic E-state index is 0.106. The van der Waals surface area contributed by atoms with E-state index in [0.717, 1.165) is 12.8 Å². The highest BCUT2D eigenvalue weighted by molar-refractivity contribution is 5.76. The molecule has 2 fully saturated rings. The maximum Gasteiger partial charge on any atom is 0.224 e. The Morgan fingerprint density at radius 3 is 3.10 bits per heavy atom. The van der Waals surface area contributed by atoms with E-state index in [-0.39, 0.29) is 30.6 Å². The third kappa shape index (κ3) is 2.71. The molecule has 110 valence electrons. The number of ether oxygens (including phenoxy) is 1. The summed E-state index contributed by atoms with van der Waals surface area (Å²) in [5, 5.41) is 13.4. The van der Waals surface area contributed by atoms with Gasteiger partial charge in [0.2, 0.25) is 5.91 Å². The summed E-state index contributed by atoms with van der Waals surface area (Å²) < 4.78 is 7.52. The van der Waals surface area contributed by atoms with Crippen LogP contribution in [0.3, 0.4) is 0 Å². The van der Waals surface area contributed by atoms with Crippen molar-refractivity contribution in [2.75, 3.05) is 19.8 Å². The van der Waals surface area contributed by atoms with Gasteiger partial charge in [-0.25, -0.2) is 0 Å². The van der Waals surface area contributed by atoms with Gasteiger partial charge in [0, 0.05) is 38.5 Å². The van der Waals surface area contributed by atoms with E-state index < -0.39 is 0 Å². The number of carbonyl (C=O) groups is 1. The van der Waals surface area contributed by atoms with Gasteiger partial charge >= 0.3 is 0 Å². The first-order chi connectivity index (χ1) is 9.78. The molecule has 3 atom stereocenters. The number of fused-ring (bicyclic) bond motifs is 1. The molecule has 1 aliphatic carbocycles. The normalized spacial score (nSPS) is 29.4. The smallest absolute Gasteiger partial charge is 0.224 e. The SMILES string of the molecule is O=C(CCn1cccn1)N1CCOC2C[C@H](CO)C[C@@H]21. The van der Waals surface area contributed by atoms with Crippen LogP contribution >= 0.6 is 0 Å². The van der Waals surface area contributed by atoms with Gasteiger partial charge in [-0.1, -0.05) is 0 Å². The second kappa shape index (κ2) is 5.93. The first-order valence-electron chi connectivity index (χ1n) is 7.27. The van der Waals surface area contributed by atoms with Crippen LogP contribution in [0, 0.1) is 5.92 Å². The molecule has 1 N–H and O–H groups in total. The molecule has 2 aliphatic rings. The lowest BCUT2D eigenvalue weighted by atomic mass is 10.1. The summed E-state index contributed by atoms with van der Waals surface area (Å²) in [4.78, 5) is 14.3. The van der Waals surface area contributed by atoms with Crippen molar-refractivity contribution in [3.8, 4) is 0 Å². The number of nitrogens with zero attached hydrogens (tertiary/aromatic N) is 3. The van der Waals surface area contributed by atoms with Gasteiger partial charge in [0.05, 0.1) is 18.8 Å². The van der Waals surface area contributed by atoms with Gasteiger partial charge in [-0.3, -0.25) is 9.48 Å². The number of aryl methyl sites for hydroxylation is 1. The Balaban J connectivity index is 1.59. The number of carbonyl (C=O) groups excluding carboxylic acids is 1. The molecule has 1 saturated carbocycles. The van der Waals surface area contributed by atoms with Crippen LogP contribution in [0.15, 0.2) is 18.5 Å². The fraction of sp³-hybridized carbons (Fsp3) is 0.714. The molecule has 6 nitrogen and oxygen atoms in total. The zero-order valence-electron chi connectivity index (χ0n) is 11.5. The first kappa shape index (κ1) is 13.6. The Hall–Kier alpha value is -1.40. The number of morpholine rings is 1. The van der Waals surface area contributed by atoms with E-state index in [9.17, 15) is 9.90 Å². The lowest BCUT2D eigenvalue weighted by molar-refractivity contribution is -0.144. The van der Waals surface area contributed by atoms with Gasteiger partial charge in [0.15, 0.2) is 0 Å². The van der Waals surface area contributed by atoms with Crippen LogP contribution in [-0.2, 0) is 16.1 Å². The molecule has 1 saturated heterocycles. The second-order valence-corrected chi connectivity index (χ2v) is 5.60. The number of hydrogen-bond donors (Lipinski definition) is 1. The van der Waals surface area contributed by atoms with Crippen molar-refractivity contribution in [2.45, 2.75) is 38.0 Å². The molecule has 0 spiro atoms. The topological polar surface area (TPSA) is 67.6 Å². The molecule has 0 radical (unpaired) electrons. The van der Waals surface area contributed by atoms with Gasteiger partial charge in [-0.2, -0.15) is 5.10 Å². The maximum absolute atomic E-state index is 12.4. The Morgan fingerprint density at radius 1 is 1.45 bits per heavy atom. The Bertz CT molecular complexity index is 449. The van der Waals surface area contributed by atoms with E-state index in [1.54, 1.807) is 10.9 Å². The zero-order chi connectivity index (χ0) is 13.9. The van der Waals surface area contributed by atoms with Gasteiger partial charge in [-0.05, 0) is 24.8 Å². The van der Waals surface area contributed by atoms with Gasteiger partial charge in [0.1, 0.15) is 0 Å². The largest absolute Gasteiger partial charge is 0.396 e. The molecule has 1 unspecified atom stereocenters. The fourth-order valence-corrected chi connectivity index (χ4v) is 3.30. The number of aliphatic hydroxyl groups is 1. The Morgan fingerprint density at radius 2 is 2.35 bits per heavy atom. The van der Waals surface area contributed by atoms with Crippen LogP contribution in [0.1, 0.15) is 19.3 Å². The average Bonchev–Trinajstić information content (AvgIpc) is 3.12. The van der Waals surface area contributed by atoms with Gasteiger partial charge in [0.25, 0.3) is 0 Å². The molecule has 0 bridgehead atoms. The first-order valence-corrected chi connectivity index (χ1v) is 7.27. The van der Waals surface area contributed by atoms with Crippen molar-refractivity contribution in [3.05, 3.63) is 18.5 Å². The fourth-order valence-electron chi connectivity index (χ4n) is 3.30. The predicted octanol–water partition coefficient (Wildman–Crippen LogP) is 0.271. The van der Waals surface area contributed by atoms with Crippen LogP contribution in [0.2, 0.25) is 0 Å². The molecular formula is C14H21N3O3. The van der Waals surface area contributed by atoms with Crippen LogP contribution in [0.5, 0.6) is 0 Å². The van der Waals surface area contributed by atoms with Crippen LogP contribution in [0.25, 0.3) is 0 Å². The summed E-state index contributed by atoms with van der Waals surface area (Å²) in [7, 11) is 0. The highest BCUT2D eigenvalue weighted by Crippen LogP contribution is 2.34. The van der Waals surface area contributed by atoms with Gasteiger partial charge < -0.3 is 14.7 Å². The van der Waals surface area contributed by atoms with Crippen LogP contribution in [-0.4, -0.2) is 57.6 Å². The summed E-state index contributed by atoms with van der Waals surface area (Å²) in [6.07, 6.45) is 5.88. The molecule has 3 rings (SSSR count). The molecular weight excluding hydrogens is 258 g/mol. The van der Waals surface area contributed by atoms with E-state index in [1.807, 2.05) is 17.2 Å². The highest BCUT2D eigenvalue weighted by atomic mass is 16.5. The molecule has 1 aromatic rings. The number of aliphatic hydroxyl groups excluding tert-OH is 1. The summed E-state index contributed by atoms with van der Waals surface area (Å²) in [6, 6.07) is 2.00. The number of aromatic nitrogens is 2. The molecule has 1 aliphatic heterocycles. The van der Waals surface area contributed by atoms with Crippen molar-refractivity contribution in [1.29, 1.82) is 0 Å². The average molecular weight is 279 g/mol. The Kier molecular flexibility index (Phi) is 4.03. The minimum atomic E-state index is 0.106. The van der Waals surface area contributed by atoms with Crippen LogP contribution < -0.4 is 0 Å². The number of amides is 1. The summed E-state index contributed by atoms with van der Waals surface area (Å²) >= 11 is 0. The highest BCUT2D eigenvalue weighted by Gasteiger charge is 2.42. The monoisotopic (exact) mass is 279 g/mol. The Labute approximate surface area is 118 Å². The van der Waals surface area contributed by atoms with Crippen molar-refractivity contribution in [3.63, 3.8) is 0 Å².